The van der Waals surface area contributed by atoms with Gasteiger partial charge in [0, 0.05) is 11.1 Å². The highest BCUT2D eigenvalue weighted by Gasteiger charge is 2.41. The molecule has 3 heterocycles. The van der Waals surface area contributed by atoms with E-state index < -0.39 is 6.04 Å². The number of aliphatic hydroxyl groups is 1. The minimum atomic E-state index is -0.431. The van der Waals surface area contributed by atoms with Crippen molar-refractivity contribution in [2.45, 2.75) is 19.1 Å². The Kier molecular flexibility index (Phi) is 4.61. The maximum atomic E-state index is 13.2. The van der Waals surface area contributed by atoms with Crippen molar-refractivity contribution in [2.75, 3.05) is 5.32 Å². The molecule has 0 saturated heterocycles. The van der Waals surface area contributed by atoms with E-state index in [1.54, 1.807) is 17.0 Å². The number of carbonyl (C=O) groups is 1. The number of furan rings is 1. The van der Waals surface area contributed by atoms with Crippen molar-refractivity contribution < 1.29 is 18.9 Å². The predicted octanol–water partition coefficient (Wildman–Crippen LogP) is 3.47. The second-order valence-corrected chi connectivity index (χ2v) is 7.23. The third kappa shape index (κ3) is 3.27. The van der Waals surface area contributed by atoms with Crippen molar-refractivity contribution in [1.29, 1.82) is 0 Å². The van der Waals surface area contributed by atoms with Gasteiger partial charge in [-0.3, -0.25) is 5.32 Å². The second kappa shape index (κ2) is 7.57. The van der Waals surface area contributed by atoms with Gasteiger partial charge in [-0.25, -0.2) is 9.78 Å². The summed E-state index contributed by atoms with van der Waals surface area (Å²) in [5.74, 6) is 1.36. The number of nitrogens with one attached hydrogen (secondary N) is 1. The van der Waals surface area contributed by atoms with E-state index in [9.17, 15) is 9.90 Å². The normalized spacial score (nSPS) is 15.1. The third-order valence-corrected chi connectivity index (χ3v) is 5.26. The zero-order valence-corrected chi connectivity index (χ0v) is 16.2. The van der Waals surface area contributed by atoms with E-state index in [-0.39, 0.29) is 12.5 Å². The zero-order chi connectivity index (χ0) is 20.5. The number of fused-ring (bicyclic) bond motifs is 1. The van der Waals surface area contributed by atoms with Crippen molar-refractivity contribution in [2.24, 2.45) is 0 Å². The predicted molar refractivity (Wildman–Crippen MR) is 112 cm³/mol. The number of aromatic nitrogens is 2. The molecule has 4 aromatic rings. The van der Waals surface area contributed by atoms with E-state index in [0.717, 1.165) is 28.1 Å². The summed E-state index contributed by atoms with van der Waals surface area (Å²) in [7, 11) is 0. The van der Waals surface area contributed by atoms with Crippen LogP contribution < -0.4 is 9.88 Å². The molecule has 0 spiro atoms. The first-order valence-electron chi connectivity index (χ1n) is 9.78. The first-order chi connectivity index (χ1) is 14.7. The van der Waals surface area contributed by atoms with Crippen LogP contribution in [-0.4, -0.2) is 22.0 Å². The van der Waals surface area contributed by atoms with Crippen LogP contribution in [0.4, 0.5) is 5.82 Å². The molecule has 1 aliphatic rings. The van der Waals surface area contributed by atoms with Crippen molar-refractivity contribution in [3.05, 3.63) is 90.5 Å². The summed E-state index contributed by atoms with van der Waals surface area (Å²) >= 11 is 0. The van der Waals surface area contributed by atoms with E-state index >= 15 is 0 Å². The summed E-state index contributed by atoms with van der Waals surface area (Å²) < 4.78 is 7.09. The standard InChI is InChI=1S/C24H19N3O3/c28-15-16-8-10-18(11-9-16)22-23-26-20(13-19-7-4-12-30-19)24(29)27(23)14-21(25-22)17-5-2-1-3-6-17/h1-12,14,20,28H,13,15H2/p+1. The molecule has 0 bridgehead atoms. The molecule has 6 heteroatoms. The smallest absolute Gasteiger partial charge is 0.359 e. The van der Waals surface area contributed by atoms with E-state index in [0.29, 0.717) is 17.9 Å². The number of hydrogen-bond donors (Lipinski definition) is 2. The van der Waals surface area contributed by atoms with Crippen LogP contribution in [0, 0.1) is 0 Å². The van der Waals surface area contributed by atoms with Crippen LogP contribution in [0.25, 0.3) is 22.5 Å². The van der Waals surface area contributed by atoms with Gasteiger partial charge in [-0.1, -0.05) is 54.6 Å². The fraction of sp³-hybridized carbons (Fsp3) is 0.125. The van der Waals surface area contributed by atoms with Crippen LogP contribution in [0.3, 0.4) is 0 Å². The van der Waals surface area contributed by atoms with E-state index in [1.165, 1.54) is 0 Å². The molecule has 1 aliphatic heterocycles. The number of rotatable bonds is 5. The minimum Gasteiger partial charge on any atom is -0.469 e. The average Bonchev–Trinajstić information content (AvgIpc) is 3.42. The number of nitrogens with zero attached hydrogens (tertiary/aromatic N) is 2. The van der Waals surface area contributed by atoms with Gasteiger partial charge in [-0.15, -0.1) is 0 Å². The highest BCUT2D eigenvalue weighted by Crippen LogP contribution is 2.30. The Labute approximate surface area is 173 Å². The Morgan fingerprint density at radius 2 is 1.80 bits per heavy atom. The molecule has 5 rings (SSSR count). The van der Waals surface area contributed by atoms with Crippen LogP contribution in [-0.2, 0) is 13.0 Å². The minimum absolute atomic E-state index is 0.0213. The van der Waals surface area contributed by atoms with Crippen LogP contribution in [0.2, 0.25) is 0 Å². The molecule has 0 amide bonds. The molecule has 0 saturated carbocycles. The lowest BCUT2D eigenvalue weighted by molar-refractivity contribution is -0.551. The van der Waals surface area contributed by atoms with Gasteiger partial charge in [-0.2, -0.15) is 4.57 Å². The fourth-order valence-corrected chi connectivity index (χ4v) is 3.70. The zero-order valence-electron chi connectivity index (χ0n) is 16.2. The number of aliphatic hydroxyl groups excluding tert-OH is 1. The first-order valence-corrected chi connectivity index (χ1v) is 9.78. The monoisotopic (exact) mass is 398 g/mol. The largest absolute Gasteiger partial charge is 0.469 e. The molecule has 30 heavy (non-hydrogen) atoms. The molecule has 2 aromatic carbocycles. The summed E-state index contributed by atoms with van der Waals surface area (Å²) in [6, 6.07) is 20.6. The summed E-state index contributed by atoms with van der Waals surface area (Å²) in [4.78, 5) is 18.1. The van der Waals surface area contributed by atoms with Crippen molar-refractivity contribution in [3.63, 3.8) is 0 Å². The first kappa shape index (κ1) is 18.3. The van der Waals surface area contributed by atoms with Crippen LogP contribution >= 0.6 is 0 Å². The Hall–Kier alpha value is -3.77. The topological polar surface area (TPSA) is 79.2 Å². The van der Waals surface area contributed by atoms with Crippen molar-refractivity contribution in [1.82, 2.24) is 4.98 Å². The van der Waals surface area contributed by atoms with Gasteiger partial charge in [0.25, 0.3) is 0 Å². The Morgan fingerprint density at radius 1 is 1.00 bits per heavy atom. The lowest BCUT2D eigenvalue weighted by Gasteiger charge is -2.07. The molecule has 0 aliphatic carbocycles. The molecular formula is C24H20N3O3+. The molecule has 6 nitrogen and oxygen atoms in total. The summed E-state index contributed by atoms with van der Waals surface area (Å²) in [6.07, 6.45) is 3.85. The van der Waals surface area contributed by atoms with Gasteiger partial charge in [0.15, 0.2) is 5.69 Å². The van der Waals surface area contributed by atoms with Gasteiger partial charge in [0.05, 0.1) is 19.3 Å². The molecule has 1 atom stereocenters. The molecule has 0 fully saturated rings. The number of benzene rings is 2. The average molecular weight is 398 g/mol. The number of hydrogen-bond acceptors (Lipinski definition) is 5. The SMILES string of the molecule is O=C1C(Cc2ccco2)Nc2c(-c3ccc(CO)cc3)nc(-c3ccccc3)c[n+]21. The Balaban J connectivity index is 1.62. The van der Waals surface area contributed by atoms with Gasteiger partial charge in [0.2, 0.25) is 6.04 Å². The Bertz CT molecular complexity index is 1190. The molecule has 2 N–H and O–H groups in total. The number of anilines is 1. The molecule has 148 valence electrons. The third-order valence-electron chi connectivity index (χ3n) is 5.26. The van der Waals surface area contributed by atoms with Gasteiger partial charge in [-0.05, 0) is 17.7 Å². The fourth-order valence-electron chi connectivity index (χ4n) is 3.70. The molecule has 1 unspecified atom stereocenters. The van der Waals surface area contributed by atoms with Gasteiger partial charge >= 0.3 is 11.7 Å². The lowest BCUT2D eigenvalue weighted by Crippen LogP contribution is -2.43. The van der Waals surface area contributed by atoms with Gasteiger partial charge < -0.3 is 9.52 Å². The highest BCUT2D eigenvalue weighted by molar-refractivity contribution is 5.86. The van der Waals surface area contributed by atoms with E-state index in [4.69, 9.17) is 9.40 Å². The molecule has 0 radical (unpaired) electrons. The van der Waals surface area contributed by atoms with Crippen LogP contribution in [0.1, 0.15) is 16.1 Å². The van der Waals surface area contributed by atoms with Gasteiger partial charge in [0.1, 0.15) is 17.7 Å². The summed E-state index contributed by atoms with van der Waals surface area (Å²) in [6.45, 7) is -0.0213. The Morgan fingerprint density at radius 3 is 2.50 bits per heavy atom. The summed E-state index contributed by atoms with van der Waals surface area (Å²) in [5.41, 5.74) is 4.03. The maximum absolute atomic E-state index is 13.2. The van der Waals surface area contributed by atoms with Crippen molar-refractivity contribution in [3.8, 4) is 22.5 Å². The highest BCUT2D eigenvalue weighted by atomic mass is 16.3. The quantitative estimate of drug-likeness (QED) is 0.503. The molecular weight excluding hydrogens is 378 g/mol. The second-order valence-electron chi connectivity index (χ2n) is 7.23. The maximum Gasteiger partial charge on any atom is 0.359 e. The van der Waals surface area contributed by atoms with Crippen LogP contribution in [0.15, 0.2) is 83.6 Å². The van der Waals surface area contributed by atoms with E-state index in [1.807, 2.05) is 66.7 Å². The number of carbonyl (C=O) groups excluding carboxylic acids is 1. The van der Waals surface area contributed by atoms with Crippen molar-refractivity contribution >= 4 is 11.7 Å². The lowest BCUT2D eigenvalue weighted by atomic mass is 10.1. The summed E-state index contributed by atoms with van der Waals surface area (Å²) in [5, 5.41) is 12.7. The molecule has 2 aromatic heterocycles. The van der Waals surface area contributed by atoms with E-state index in [2.05, 4.69) is 5.32 Å². The van der Waals surface area contributed by atoms with Crippen LogP contribution in [0.5, 0.6) is 0 Å².